The summed E-state index contributed by atoms with van der Waals surface area (Å²) in [4.78, 5) is 17.0. The van der Waals surface area contributed by atoms with Crippen molar-refractivity contribution >= 4 is 23.4 Å². The molecule has 7 nitrogen and oxygen atoms in total. The lowest BCUT2D eigenvalue weighted by Crippen LogP contribution is -2.47. The maximum atomic E-state index is 12.8. The summed E-state index contributed by atoms with van der Waals surface area (Å²) in [5.41, 5.74) is 5.38. The number of benzene rings is 1. The van der Waals surface area contributed by atoms with E-state index in [2.05, 4.69) is 39.9 Å². The summed E-state index contributed by atoms with van der Waals surface area (Å²) in [6.07, 6.45) is 7.18. The van der Waals surface area contributed by atoms with E-state index in [1.165, 1.54) is 22.8 Å². The average molecular weight is 493 g/mol. The zero-order valence-electron chi connectivity index (χ0n) is 19.5. The molecular weight excluding hydrogens is 464 g/mol. The van der Waals surface area contributed by atoms with Gasteiger partial charge in [0.25, 0.3) is 5.56 Å². The molecule has 0 amide bonds. The highest BCUT2D eigenvalue weighted by Crippen LogP contribution is 2.27. The van der Waals surface area contributed by atoms with E-state index in [9.17, 15) is 4.79 Å². The zero-order chi connectivity index (χ0) is 24.0. The molecule has 2 N–H and O–H groups in total. The van der Waals surface area contributed by atoms with Gasteiger partial charge >= 0.3 is 0 Å². The third-order valence-corrected chi connectivity index (χ3v) is 6.50. The number of nitrogens with zero attached hydrogens (tertiary/aromatic N) is 2. The van der Waals surface area contributed by atoms with Crippen molar-refractivity contribution in [3.8, 4) is 5.75 Å². The molecule has 0 radical (unpaired) electrons. The number of aromatic nitrogens is 2. The second-order valence-electron chi connectivity index (χ2n) is 8.85. The number of rotatable bonds is 8. The highest BCUT2D eigenvalue weighted by molar-refractivity contribution is 6.30. The second kappa shape index (κ2) is 11.2. The lowest BCUT2D eigenvalue weighted by Gasteiger charge is -2.24. The number of pyridine rings is 2. The molecule has 2 aliphatic rings. The van der Waals surface area contributed by atoms with E-state index in [1.54, 1.807) is 29.1 Å². The summed E-state index contributed by atoms with van der Waals surface area (Å²) in [7, 11) is 0. The Bertz CT molecular complexity index is 1250. The fraction of sp³-hybridized carbons (Fsp3) is 0.333. The van der Waals surface area contributed by atoms with Crippen molar-refractivity contribution in [2.75, 3.05) is 26.3 Å². The molecule has 1 atom stereocenters. The van der Waals surface area contributed by atoms with Crippen molar-refractivity contribution in [1.29, 1.82) is 0 Å². The van der Waals surface area contributed by atoms with E-state index >= 15 is 0 Å². The maximum Gasteiger partial charge on any atom is 0.258 e. The minimum Gasteiger partial charge on any atom is -0.487 e. The van der Waals surface area contributed by atoms with E-state index in [4.69, 9.17) is 21.1 Å². The Morgan fingerprint density at radius 2 is 2.14 bits per heavy atom. The molecule has 182 valence electrons. The third kappa shape index (κ3) is 6.18. The van der Waals surface area contributed by atoms with Gasteiger partial charge in [0.15, 0.2) is 0 Å². The molecular formula is C27H29ClN4O3. The summed E-state index contributed by atoms with van der Waals surface area (Å²) in [5, 5.41) is 7.56. The molecule has 35 heavy (non-hydrogen) atoms. The molecule has 1 aromatic carbocycles. The lowest BCUT2D eigenvalue weighted by atomic mass is 9.93. The molecule has 3 heterocycles. The zero-order valence-corrected chi connectivity index (χ0v) is 20.3. The molecule has 8 heteroatoms. The molecule has 1 saturated heterocycles. The van der Waals surface area contributed by atoms with Crippen molar-refractivity contribution in [2.24, 2.45) is 0 Å². The number of fused-ring (bicyclic) bond motifs is 1. The van der Waals surface area contributed by atoms with Gasteiger partial charge in [0.05, 0.1) is 23.9 Å². The number of aryl methyl sites for hydroxylation is 1. The van der Waals surface area contributed by atoms with Crippen LogP contribution in [0.2, 0.25) is 5.02 Å². The van der Waals surface area contributed by atoms with Crippen LogP contribution in [-0.4, -0.2) is 41.9 Å². The van der Waals surface area contributed by atoms with Gasteiger partial charge < -0.3 is 20.1 Å². The first-order valence-corrected chi connectivity index (χ1v) is 12.3. The van der Waals surface area contributed by atoms with Crippen molar-refractivity contribution < 1.29 is 9.47 Å². The Morgan fingerprint density at radius 3 is 2.94 bits per heavy atom. The van der Waals surface area contributed by atoms with Gasteiger partial charge in [-0.1, -0.05) is 29.8 Å². The minimum atomic E-state index is -0.109. The van der Waals surface area contributed by atoms with Gasteiger partial charge in [-0.25, -0.2) is 0 Å². The molecule has 0 spiro atoms. The van der Waals surface area contributed by atoms with Crippen molar-refractivity contribution in [3.63, 3.8) is 0 Å². The Balaban J connectivity index is 1.21. The predicted octanol–water partition coefficient (Wildman–Crippen LogP) is 3.50. The standard InChI is InChI=1S/C27H29ClN4O3/c28-22-4-5-23(31-15-22)18-35-26-7-9-32(27(33)13-26)25-6-3-20-11-19(1-2-21(20)12-25)14-29-16-24-17-34-10-8-30-24/h1-2,4-5,7,9,11-13,15,24,29-30H,3,6,8,10,14,16-18H2/t24-/m0/s1. The number of halogens is 1. The molecule has 2 aromatic heterocycles. The first-order valence-electron chi connectivity index (χ1n) is 11.9. The number of ether oxygens (including phenoxy) is 2. The van der Waals surface area contributed by atoms with Gasteiger partial charge in [0.2, 0.25) is 0 Å². The summed E-state index contributed by atoms with van der Waals surface area (Å²) >= 11 is 5.87. The van der Waals surface area contributed by atoms with Crippen LogP contribution < -0.4 is 20.9 Å². The lowest BCUT2D eigenvalue weighted by molar-refractivity contribution is 0.0766. The summed E-state index contributed by atoms with van der Waals surface area (Å²) in [6, 6.07) is 13.8. The molecule has 3 aromatic rings. The Labute approximate surface area is 209 Å². The molecule has 1 fully saturated rings. The largest absolute Gasteiger partial charge is 0.487 e. The van der Waals surface area contributed by atoms with E-state index in [1.807, 2.05) is 6.07 Å². The SMILES string of the molecule is O=c1cc(OCc2ccc(Cl)cn2)ccn1C1=Cc2ccc(CNC[C@H]3COCCN3)cc2CC1. The fourth-order valence-corrected chi connectivity index (χ4v) is 4.52. The second-order valence-corrected chi connectivity index (χ2v) is 9.29. The highest BCUT2D eigenvalue weighted by atomic mass is 35.5. The maximum absolute atomic E-state index is 12.8. The summed E-state index contributed by atoms with van der Waals surface area (Å²) in [5.74, 6) is 0.520. The van der Waals surface area contributed by atoms with Crippen LogP contribution >= 0.6 is 11.6 Å². The monoisotopic (exact) mass is 492 g/mol. The van der Waals surface area contributed by atoms with Crippen LogP contribution in [0, 0.1) is 0 Å². The summed E-state index contributed by atoms with van der Waals surface area (Å²) in [6.45, 7) is 4.46. The Hall–Kier alpha value is -2.97. The normalized spacial score (nSPS) is 17.5. The van der Waals surface area contributed by atoms with Gasteiger partial charge in [0.1, 0.15) is 12.4 Å². The Morgan fingerprint density at radius 1 is 1.20 bits per heavy atom. The first-order chi connectivity index (χ1) is 17.1. The smallest absolute Gasteiger partial charge is 0.258 e. The van der Waals surface area contributed by atoms with E-state index < -0.39 is 0 Å². The molecule has 1 aliphatic heterocycles. The molecule has 5 rings (SSSR count). The van der Waals surface area contributed by atoms with Crippen LogP contribution in [-0.2, 0) is 24.3 Å². The fourth-order valence-electron chi connectivity index (χ4n) is 4.41. The van der Waals surface area contributed by atoms with Crippen LogP contribution in [0.1, 0.15) is 28.8 Å². The number of allylic oxidation sites excluding steroid dienone is 1. The van der Waals surface area contributed by atoms with Crippen molar-refractivity contribution in [3.05, 3.63) is 92.6 Å². The number of hydrogen-bond acceptors (Lipinski definition) is 6. The molecule has 1 aliphatic carbocycles. The van der Waals surface area contributed by atoms with Gasteiger partial charge in [-0.3, -0.25) is 14.3 Å². The first kappa shape index (κ1) is 23.8. The molecule has 0 bridgehead atoms. The van der Waals surface area contributed by atoms with Crippen LogP contribution in [0.5, 0.6) is 5.75 Å². The van der Waals surface area contributed by atoms with E-state index in [-0.39, 0.29) is 12.2 Å². The van der Waals surface area contributed by atoms with Crippen LogP contribution in [0.3, 0.4) is 0 Å². The van der Waals surface area contributed by atoms with Crippen LogP contribution in [0.15, 0.2) is 59.7 Å². The van der Waals surface area contributed by atoms with Crippen molar-refractivity contribution in [2.45, 2.75) is 32.0 Å². The number of nitrogens with one attached hydrogen (secondary N) is 2. The van der Waals surface area contributed by atoms with Gasteiger partial charge in [-0.2, -0.15) is 0 Å². The quantitative estimate of drug-likeness (QED) is 0.501. The van der Waals surface area contributed by atoms with Gasteiger partial charge in [0, 0.05) is 49.8 Å². The molecule has 0 unspecified atom stereocenters. The average Bonchev–Trinajstić information content (AvgIpc) is 2.89. The summed E-state index contributed by atoms with van der Waals surface area (Å²) < 4.78 is 12.9. The van der Waals surface area contributed by atoms with Crippen molar-refractivity contribution in [1.82, 2.24) is 20.2 Å². The van der Waals surface area contributed by atoms with Crippen LogP contribution in [0.25, 0.3) is 11.8 Å². The minimum absolute atomic E-state index is 0.109. The number of hydrogen-bond donors (Lipinski definition) is 2. The highest BCUT2D eigenvalue weighted by Gasteiger charge is 2.15. The Kier molecular flexibility index (Phi) is 7.59. The number of morpholine rings is 1. The molecule has 0 saturated carbocycles. The van der Waals surface area contributed by atoms with E-state index in [0.29, 0.717) is 16.8 Å². The topological polar surface area (TPSA) is 77.4 Å². The predicted molar refractivity (Wildman–Crippen MR) is 138 cm³/mol. The van der Waals surface area contributed by atoms with Crippen LogP contribution in [0.4, 0.5) is 0 Å². The van der Waals surface area contributed by atoms with Gasteiger partial charge in [-0.05, 0) is 53.8 Å². The third-order valence-electron chi connectivity index (χ3n) is 6.27. The van der Waals surface area contributed by atoms with Gasteiger partial charge in [-0.15, -0.1) is 0 Å². The van der Waals surface area contributed by atoms with E-state index in [0.717, 1.165) is 57.1 Å².